The van der Waals surface area contributed by atoms with Gasteiger partial charge in [-0.1, -0.05) is 76.1 Å². The molecule has 9 atom stereocenters. The van der Waals surface area contributed by atoms with Crippen LogP contribution < -0.4 is 26.5 Å². The molecule has 3 saturated heterocycles. The van der Waals surface area contributed by atoms with Gasteiger partial charge >= 0.3 is 26.3 Å². The third kappa shape index (κ3) is 12.1. The molecule has 3 aromatic heterocycles. The highest BCUT2D eigenvalue weighted by molar-refractivity contribution is 8.54. The highest BCUT2D eigenvalue weighted by Crippen LogP contribution is 2.64. The first-order chi connectivity index (χ1) is 32.8. The fourth-order valence-electron chi connectivity index (χ4n) is 7.96. The fraction of sp³-hybridized carbons (Fsp3) is 0.488. The van der Waals surface area contributed by atoms with Gasteiger partial charge in [0.1, 0.15) is 47.2 Å². The molecule has 0 aliphatic carbocycles. The van der Waals surface area contributed by atoms with Gasteiger partial charge < -0.3 is 29.6 Å². The second kappa shape index (κ2) is 22.3. The Kier molecular flexibility index (Phi) is 16.3. The zero-order valence-corrected chi connectivity index (χ0v) is 39.5. The van der Waals surface area contributed by atoms with E-state index in [-0.39, 0.29) is 40.5 Å². The van der Waals surface area contributed by atoms with Gasteiger partial charge in [-0.15, -0.1) is 0 Å². The Hall–Kier alpha value is -4.80. The first-order valence-electron chi connectivity index (χ1n) is 22.3. The lowest BCUT2D eigenvalue weighted by Gasteiger charge is -2.27. The summed E-state index contributed by atoms with van der Waals surface area (Å²) >= 11 is 0.696. The Bertz CT molecular complexity index is 2750. The highest BCUT2D eigenvalue weighted by atomic mass is 32.7. The summed E-state index contributed by atoms with van der Waals surface area (Å²) in [6, 6.07) is 14.2. The van der Waals surface area contributed by atoms with Crippen molar-refractivity contribution in [3.8, 4) is 11.5 Å². The van der Waals surface area contributed by atoms with Crippen molar-refractivity contribution in [1.29, 1.82) is 0 Å². The van der Waals surface area contributed by atoms with E-state index >= 15 is 4.39 Å². The van der Waals surface area contributed by atoms with Gasteiger partial charge in [0.2, 0.25) is 0 Å². The number of benzene rings is 2. The number of nitrogens with two attached hydrogens (primary N) is 1. The predicted molar refractivity (Wildman–Crippen MR) is 245 cm³/mol. The third-order valence-corrected chi connectivity index (χ3v) is 16.1. The lowest BCUT2D eigenvalue weighted by molar-refractivity contribution is -0.0640. The van der Waals surface area contributed by atoms with Crippen molar-refractivity contribution in [2.75, 3.05) is 25.6 Å². The Morgan fingerprint density at radius 2 is 1.68 bits per heavy atom. The number of carbonyl (C=O) groups is 1. The molecule has 3 aliphatic heterocycles. The van der Waals surface area contributed by atoms with Gasteiger partial charge in [-0.3, -0.25) is 37.0 Å². The maximum absolute atomic E-state index is 16.6. The zero-order chi connectivity index (χ0) is 47.8. The van der Waals surface area contributed by atoms with E-state index in [0.717, 1.165) is 36.1 Å². The Morgan fingerprint density at radius 1 is 0.912 bits per heavy atom. The molecule has 366 valence electrons. The second-order valence-electron chi connectivity index (χ2n) is 16.3. The number of para-hydroxylation sites is 1. The largest absolute Gasteiger partial charge is 0.493 e. The molecule has 0 radical (unpaired) electrons. The van der Waals surface area contributed by atoms with Crippen LogP contribution in [-0.2, 0) is 42.5 Å². The zero-order valence-electron chi connectivity index (χ0n) is 36.9. The van der Waals surface area contributed by atoms with Crippen LogP contribution in [0.2, 0.25) is 0 Å². The molecule has 0 spiro atoms. The van der Waals surface area contributed by atoms with Gasteiger partial charge in [0.15, 0.2) is 30.1 Å². The van der Waals surface area contributed by atoms with E-state index in [4.69, 9.17) is 42.8 Å². The molecule has 0 amide bonds. The van der Waals surface area contributed by atoms with Crippen LogP contribution in [0.25, 0.3) is 11.2 Å². The number of nitrogen functional groups attached to an aromatic ring is 1. The lowest BCUT2D eigenvalue weighted by atomic mass is 10.1. The Balaban J connectivity index is 0.972. The molecule has 2 bridgehead atoms. The number of aromatic amines is 1. The quantitative estimate of drug-likeness (QED) is 0.0360. The number of nitrogens with one attached hydrogen (secondary N) is 1. The average molecular weight is 1000 g/mol. The van der Waals surface area contributed by atoms with Crippen molar-refractivity contribution in [3.63, 3.8) is 0 Å². The number of imidazole rings is 1. The Morgan fingerprint density at radius 3 is 2.46 bits per heavy atom. The van der Waals surface area contributed by atoms with Gasteiger partial charge in [-0.05, 0) is 47.6 Å². The van der Waals surface area contributed by atoms with E-state index in [9.17, 15) is 28.4 Å². The number of hydrogen-bond acceptors (Lipinski definition) is 18. The van der Waals surface area contributed by atoms with Gasteiger partial charge in [0.05, 0.1) is 32.3 Å². The molecule has 6 heterocycles. The van der Waals surface area contributed by atoms with Crippen molar-refractivity contribution < 1.29 is 60.3 Å². The number of nitrogens with zero attached hydrogens (tertiary/aromatic N) is 5. The number of phosphoric acid groups is 1. The summed E-state index contributed by atoms with van der Waals surface area (Å²) in [5, 5.41) is 0. The summed E-state index contributed by atoms with van der Waals surface area (Å²) in [6.45, 7) is -3.13. The number of hydrogen-bond donors (Lipinski definition) is 3. The summed E-state index contributed by atoms with van der Waals surface area (Å²) in [6.07, 6.45) is 1.92. The van der Waals surface area contributed by atoms with Gasteiger partial charge in [-0.25, -0.2) is 38.1 Å². The summed E-state index contributed by atoms with van der Waals surface area (Å²) < 4.78 is 93.9. The number of rotatable bonds is 17. The molecule has 8 rings (SSSR count). The van der Waals surface area contributed by atoms with Crippen LogP contribution in [0.3, 0.4) is 0 Å². The number of ether oxygens (including phenoxy) is 4. The van der Waals surface area contributed by atoms with Crippen LogP contribution >= 0.6 is 26.0 Å². The minimum Gasteiger partial charge on any atom is -0.493 e. The number of fused-ring (bicyclic) bond motifs is 4. The number of unbranched alkanes of at least 4 members (excludes halogenated alkanes) is 7. The number of anilines is 1. The highest BCUT2D eigenvalue weighted by Gasteiger charge is 2.53. The number of halogens is 1. The van der Waals surface area contributed by atoms with Crippen LogP contribution in [-0.4, -0.2) is 90.3 Å². The number of aromatic nitrogens is 6. The third-order valence-electron chi connectivity index (χ3n) is 11.4. The monoisotopic (exact) mass is 1000 g/mol. The van der Waals surface area contributed by atoms with Gasteiger partial charge in [0, 0.05) is 24.4 Å². The van der Waals surface area contributed by atoms with Crippen molar-refractivity contribution in [1.82, 2.24) is 29.1 Å². The number of carbonyl (C=O) groups excluding carboxylic acids is 1. The van der Waals surface area contributed by atoms with E-state index in [2.05, 4.69) is 21.9 Å². The van der Waals surface area contributed by atoms with Crippen LogP contribution in [0.5, 0.6) is 11.5 Å². The van der Waals surface area contributed by atoms with Crippen molar-refractivity contribution >= 4 is 49.0 Å². The van der Waals surface area contributed by atoms with Crippen LogP contribution in [0.15, 0.2) is 83.0 Å². The molecule has 3 aliphatic rings. The normalized spacial score (nSPS) is 27.5. The maximum Gasteiger partial charge on any atom is 0.472 e. The first kappa shape index (κ1) is 49.6. The summed E-state index contributed by atoms with van der Waals surface area (Å²) in [5.41, 5.74) is 5.51. The van der Waals surface area contributed by atoms with E-state index < -0.39 is 88.1 Å². The minimum absolute atomic E-state index is 0.0384. The Labute approximate surface area is 393 Å². The van der Waals surface area contributed by atoms with E-state index in [1.807, 2.05) is 4.98 Å². The van der Waals surface area contributed by atoms with Crippen LogP contribution in [0, 0.1) is 0 Å². The molecule has 21 nitrogen and oxygen atoms in total. The topological polar surface area (TPSA) is 270 Å². The molecular weight excluding hydrogens is 952 g/mol. The van der Waals surface area contributed by atoms with E-state index in [1.54, 1.807) is 48.5 Å². The molecule has 2 aromatic carbocycles. The summed E-state index contributed by atoms with van der Waals surface area (Å²) in [4.78, 5) is 63.3. The second-order valence-corrected chi connectivity index (χ2v) is 21.8. The molecule has 4 N–H and O–H groups in total. The standard InChI is InChI=1S/C43H52FN7O14P2S/c1-2-3-4-5-6-7-8-11-20-58-31-13-10-9-12-30(31)42(53)62-28-16-14-27(15-17-28)24-68-67(57)60-22-29-21-32(40(61-29)51-26-48-36-38(45)46-25-47-39(36)51)64-66(55,56)59-23-33-37(65-67)35(44)41(63-33)50-19-18-34(52)49-43(50)54/h9-10,12-19,25-26,29,32-33,35,37,40-41H,2-8,11,20-24H2,1H3,(H,55,56)(H2,45,46,47)(H,49,52,54)/t29-,32+,33+,35+,37+,40+,41+,67?/m0/s1. The fourth-order valence-corrected chi connectivity index (χ4v) is 12.3. The van der Waals surface area contributed by atoms with Crippen LogP contribution in [0.1, 0.15) is 93.1 Å². The SMILES string of the molecule is CCCCCCCCCCOc1ccccc1C(=O)Oc1ccc(CSP2(=O)OC[C@@H]3C[C@@H](OP(=O)(O)OC[C@H]4O[C@@H](n5ccc(=O)[nH]c5=O)[C@H](F)[C@@H]4O2)[C@H](n2cnc4c(N)ncnc42)O3)cc1. The first-order valence-corrected chi connectivity index (χ1v) is 26.9. The van der Waals surface area contributed by atoms with Crippen molar-refractivity contribution in [2.24, 2.45) is 0 Å². The molecule has 5 aromatic rings. The van der Waals surface area contributed by atoms with Crippen molar-refractivity contribution in [3.05, 3.63) is 105 Å². The number of esters is 1. The summed E-state index contributed by atoms with van der Waals surface area (Å²) in [7, 11) is -5.01. The summed E-state index contributed by atoms with van der Waals surface area (Å²) in [5.74, 6) is 0.0619. The molecule has 3 fully saturated rings. The molecule has 25 heteroatoms. The van der Waals surface area contributed by atoms with Gasteiger partial charge in [0.25, 0.3) is 5.56 Å². The smallest absolute Gasteiger partial charge is 0.472 e. The van der Waals surface area contributed by atoms with Crippen LogP contribution in [0.4, 0.5) is 10.2 Å². The van der Waals surface area contributed by atoms with E-state index in [0.29, 0.717) is 29.3 Å². The van der Waals surface area contributed by atoms with Crippen molar-refractivity contribution in [2.45, 2.75) is 114 Å². The predicted octanol–water partition coefficient (Wildman–Crippen LogP) is 7.18. The molecular formula is C43H52FN7O14P2S. The average Bonchev–Trinajstić information content (AvgIpc) is 4.02. The molecule has 0 saturated carbocycles. The number of H-pyrrole nitrogens is 1. The molecule has 2 unspecified atom stereocenters. The number of phosphoric ester groups is 1. The van der Waals surface area contributed by atoms with E-state index in [1.165, 1.54) is 49.3 Å². The van der Waals surface area contributed by atoms with Gasteiger partial charge in [-0.2, -0.15) is 0 Å². The lowest BCUT2D eigenvalue weighted by Crippen LogP contribution is -2.36. The molecule has 68 heavy (non-hydrogen) atoms. The maximum atomic E-state index is 16.6. The minimum atomic E-state index is -5.01. The number of alkyl halides is 1.